The van der Waals surface area contributed by atoms with Gasteiger partial charge >= 0.3 is 0 Å². The van der Waals surface area contributed by atoms with Crippen molar-refractivity contribution in [3.8, 4) is 0 Å². The third-order valence-corrected chi connectivity index (χ3v) is 2.84. The molecule has 2 amide bonds. The summed E-state index contributed by atoms with van der Waals surface area (Å²) in [6, 6.07) is 2.49. The Bertz CT molecular complexity index is 551. The molecule has 0 saturated heterocycles. The molecule has 1 rings (SSSR count). The Labute approximate surface area is 117 Å². The second kappa shape index (κ2) is 6.85. The fourth-order valence-corrected chi connectivity index (χ4v) is 1.47. The summed E-state index contributed by atoms with van der Waals surface area (Å²) in [5.74, 6) is -0.881. The minimum Gasteiger partial charge on any atom is -0.346 e. The highest BCUT2D eigenvalue weighted by atomic mass is 16.2. The highest BCUT2D eigenvalue weighted by Crippen LogP contribution is 1.99. The normalized spacial score (nSPS) is 12.1. The molecule has 110 valence electrons. The average Bonchev–Trinajstić information content (AvgIpc) is 2.40. The predicted molar refractivity (Wildman–Crippen MR) is 76.1 cm³/mol. The van der Waals surface area contributed by atoms with Crippen LogP contribution in [0.4, 0.5) is 5.69 Å². The predicted octanol–water partition coefficient (Wildman–Crippen LogP) is -0.577. The summed E-state index contributed by atoms with van der Waals surface area (Å²) in [5.41, 5.74) is 5.50. The summed E-state index contributed by atoms with van der Waals surface area (Å²) in [6.07, 6.45) is 1.58. The Morgan fingerprint density at radius 1 is 1.40 bits per heavy atom. The van der Waals surface area contributed by atoms with E-state index < -0.39 is 17.9 Å². The molecule has 0 radical (unpaired) electrons. The third-order valence-electron chi connectivity index (χ3n) is 2.84. The summed E-state index contributed by atoms with van der Waals surface area (Å²) in [4.78, 5) is 34.9. The topological polar surface area (TPSA) is 106 Å². The molecule has 7 nitrogen and oxygen atoms in total. The zero-order valence-electron chi connectivity index (χ0n) is 11.8. The van der Waals surface area contributed by atoms with E-state index in [4.69, 9.17) is 5.73 Å². The number of anilines is 1. The molecule has 0 aliphatic rings. The van der Waals surface area contributed by atoms with Gasteiger partial charge in [0.05, 0.1) is 12.6 Å². The van der Waals surface area contributed by atoms with Crippen LogP contribution >= 0.6 is 0 Å². The molecule has 1 aromatic rings. The van der Waals surface area contributed by atoms with Crippen LogP contribution in [0.15, 0.2) is 23.1 Å². The maximum atomic E-state index is 11.7. The molecule has 0 fully saturated rings. The fourth-order valence-electron chi connectivity index (χ4n) is 1.47. The zero-order valence-corrected chi connectivity index (χ0v) is 11.8. The van der Waals surface area contributed by atoms with Gasteiger partial charge in [-0.3, -0.25) is 14.4 Å². The van der Waals surface area contributed by atoms with Crippen molar-refractivity contribution in [2.24, 2.45) is 18.7 Å². The van der Waals surface area contributed by atoms with Crippen LogP contribution in [0.3, 0.4) is 0 Å². The number of rotatable bonds is 5. The minimum absolute atomic E-state index is 0.0144. The van der Waals surface area contributed by atoms with Crippen molar-refractivity contribution in [2.75, 3.05) is 11.9 Å². The van der Waals surface area contributed by atoms with E-state index in [9.17, 15) is 14.4 Å². The number of pyridine rings is 1. The van der Waals surface area contributed by atoms with E-state index in [0.29, 0.717) is 0 Å². The second-order valence-electron chi connectivity index (χ2n) is 4.87. The first-order valence-corrected chi connectivity index (χ1v) is 6.31. The Kier molecular flexibility index (Phi) is 5.45. The Balaban J connectivity index is 2.55. The van der Waals surface area contributed by atoms with Crippen LogP contribution in [-0.4, -0.2) is 29.0 Å². The molecular weight excluding hydrogens is 260 g/mol. The molecule has 0 spiro atoms. The minimum atomic E-state index is -0.660. The van der Waals surface area contributed by atoms with E-state index in [1.54, 1.807) is 19.3 Å². The zero-order chi connectivity index (χ0) is 15.3. The molecule has 0 aromatic carbocycles. The molecule has 1 aromatic heterocycles. The molecule has 0 saturated carbocycles. The summed E-state index contributed by atoms with van der Waals surface area (Å²) < 4.78 is 1.35. The van der Waals surface area contributed by atoms with Crippen LogP contribution in [0.5, 0.6) is 0 Å². The van der Waals surface area contributed by atoms with Gasteiger partial charge in [0.2, 0.25) is 11.8 Å². The SMILES string of the molecule is CC(C)[C@H](N)C(=O)NCC(=O)Nc1cccn(C)c1=O. The maximum Gasteiger partial charge on any atom is 0.274 e. The van der Waals surface area contributed by atoms with Crippen LogP contribution in [0.1, 0.15) is 13.8 Å². The van der Waals surface area contributed by atoms with Gasteiger partial charge in [-0.25, -0.2) is 0 Å². The number of nitrogens with one attached hydrogen (secondary N) is 2. The molecule has 7 heteroatoms. The first-order valence-electron chi connectivity index (χ1n) is 6.31. The van der Waals surface area contributed by atoms with Crippen molar-refractivity contribution in [1.29, 1.82) is 0 Å². The largest absolute Gasteiger partial charge is 0.346 e. The van der Waals surface area contributed by atoms with E-state index in [2.05, 4.69) is 10.6 Å². The lowest BCUT2D eigenvalue weighted by molar-refractivity contribution is -0.125. The highest BCUT2D eigenvalue weighted by molar-refractivity contribution is 5.95. The van der Waals surface area contributed by atoms with Gasteiger partial charge in [0.15, 0.2) is 0 Å². The van der Waals surface area contributed by atoms with Crippen LogP contribution in [0.2, 0.25) is 0 Å². The van der Waals surface area contributed by atoms with E-state index >= 15 is 0 Å². The molecule has 4 N–H and O–H groups in total. The number of hydrogen-bond donors (Lipinski definition) is 3. The number of nitrogens with zero attached hydrogens (tertiary/aromatic N) is 1. The van der Waals surface area contributed by atoms with Gasteiger partial charge in [-0.05, 0) is 18.1 Å². The number of amides is 2. The molecule has 1 heterocycles. The van der Waals surface area contributed by atoms with E-state index in [-0.39, 0.29) is 23.7 Å². The summed E-state index contributed by atoms with van der Waals surface area (Å²) in [5, 5.41) is 4.88. The maximum absolute atomic E-state index is 11.7. The average molecular weight is 280 g/mol. The Hall–Kier alpha value is -2.15. The molecule has 0 aliphatic heterocycles. The van der Waals surface area contributed by atoms with E-state index in [1.807, 2.05) is 13.8 Å². The second-order valence-corrected chi connectivity index (χ2v) is 4.87. The number of carbonyl (C=O) groups excluding carboxylic acids is 2. The van der Waals surface area contributed by atoms with Crippen LogP contribution in [-0.2, 0) is 16.6 Å². The van der Waals surface area contributed by atoms with E-state index in [0.717, 1.165) is 0 Å². The number of carbonyl (C=O) groups is 2. The van der Waals surface area contributed by atoms with Crippen molar-refractivity contribution < 1.29 is 9.59 Å². The Morgan fingerprint density at radius 2 is 2.05 bits per heavy atom. The number of hydrogen-bond acceptors (Lipinski definition) is 4. The molecule has 0 bridgehead atoms. The van der Waals surface area contributed by atoms with Crippen LogP contribution < -0.4 is 21.9 Å². The standard InChI is InChI=1S/C13H20N4O3/c1-8(2)11(14)12(19)15-7-10(18)16-9-5-4-6-17(3)13(9)20/h4-6,8,11H,7,14H2,1-3H3,(H,15,19)(H,16,18)/t11-/m0/s1. The van der Waals surface area contributed by atoms with Gasteiger partial charge in [-0.15, -0.1) is 0 Å². The van der Waals surface area contributed by atoms with E-state index in [1.165, 1.54) is 10.6 Å². The first-order chi connectivity index (χ1) is 9.32. The van der Waals surface area contributed by atoms with Gasteiger partial charge in [0, 0.05) is 13.2 Å². The van der Waals surface area contributed by atoms with Gasteiger partial charge in [-0.2, -0.15) is 0 Å². The van der Waals surface area contributed by atoms with Crippen molar-refractivity contribution in [3.05, 3.63) is 28.7 Å². The fraction of sp³-hybridized carbons (Fsp3) is 0.462. The number of aryl methyl sites for hydroxylation is 1. The summed E-state index contributed by atoms with van der Waals surface area (Å²) in [6.45, 7) is 3.41. The first kappa shape index (κ1) is 15.9. The molecular formula is C13H20N4O3. The summed E-state index contributed by atoms with van der Waals surface area (Å²) in [7, 11) is 1.58. The van der Waals surface area contributed by atoms with Crippen molar-refractivity contribution >= 4 is 17.5 Å². The van der Waals surface area contributed by atoms with Gasteiger partial charge in [-0.1, -0.05) is 13.8 Å². The summed E-state index contributed by atoms with van der Waals surface area (Å²) >= 11 is 0. The van der Waals surface area contributed by atoms with Crippen molar-refractivity contribution in [2.45, 2.75) is 19.9 Å². The van der Waals surface area contributed by atoms with Crippen molar-refractivity contribution in [1.82, 2.24) is 9.88 Å². The van der Waals surface area contributed by atoms with Crippen molar-refractivity contribution in [3.63, 3.8) is 0 Å². The van der Waals surface area contributed by atoms with Gasteiger partial charge in [0.1, 0.15) is 5.69 Å². The molecule has 0 unspecified atom stereocenters. The van der Waals surface area contributed by atoms with Gasteiger partial charge in [0.25, 0.3) is 5.56 Å². The lowest BCUT2D eigenvalue weighted by atomic mass is 10.1. The smallest absolute Gasteiger partial charge is 0.274 e. The number of aromatic nitrogens is 1. The lowest BCUT2D eigenvalue weighted by Gasteiger charge is -2.15. The molecule has 1 atom stereocenters. The van der Waals surface area contributed by atoms with Crippen LogP contribution in [0, 0.1) is 5.92 Å². The Morgan fingerprint density at radius 3 is 2.65 bits per heavy atom. The third kappa shape index (κ3) is 4.20. The molecule has 0 aliphatic carbocycles. The monoisotopic (exact) mass is 280 g/mol. The quantitative estimate of drug-likeness (QED) is 0.671. The molecule has 20 heavy (non-hydrogen) atoms. The lowest BCUT2D eigenvalue weighted by Crippen LogP contribution is -2.46. The highest BCUT2D eigenvalue weighted by Gasteiger charge is 2.17. The number of nitrogens with two attached hydrogens (primary N) is 1. The van der Waals surface area contributed by atoms with Crippen LogP contribution in [0.25, 0.3) is 0 Å². The van der Waals surface area contributed by atoms with Gasteiger partial charge < -0.3 is 20.9 Å².